The Balaban J connectivity index is 3.29. The van der Waals surface area contributed by atoms with E-state index in [-0.39, 0.29) is 5.38 Å². The molecule has 0 heterocycles. The lowest BCUT2D eigenvalue weighted by atomic mass is 10.2. The zero-order chi connectivity index (χ0) is 6.57. The molecule has 50 valence electrons. The average Bonchev–Trinajstić information content (AvgIpc) is 1.84. The summed E-state index contributed by atoms with van der Waals surface area (Å²) >= 11 is 5.54. The molecule has 0 saturated carbocycles. The van der Waals surface area contributed by atoms with E-state index in [1.165, 1.54) is 0 Å². The summed E-state index contributed by atoms with van der Waals surface area (Å²) in [5, 5.41) is -0.278. The predicted molar refractivity (Wildman–Crippen MR) is 35.1 cm³/mol. The summed E-state index contributed by atoms with van der Waals surface area (Å²) in [6.45, 7) is 3.69. The molecule has 0 aromatic heterocycles. The lowest BCUT2D eigenvalue weighted by Gasteiger charge is -2.08. The van der Waals surface area contributed by atoms with E-state index in [1.807, 2.05) is 6.92 Å². The SMILES string of the molecule is CC[C@@H](F)[C@@H](Cl)CC. The normalized spacial score (nSPS) is 18.0. The molecule has 8 heavy (non-hydrogen) atoms. The number of hydrogen-bond acceptors (Lipinski definition) is 0. The maximum atomic E-state index is 12.4. The third-order valence-corrected chi connectivity index (χ3v) is 1.75. The topological polar surface area (TPSA) is 0 Å². The van der Waals surface area contributed by atoms with Crippen LogP contribution in [0.4, 0.5) is 4.39 Å². The van der Waals surface area contributed by atoms with Gasteiger partial charge in [-0.05, 0) is 12.8 Å². The minimum Gasteiger partial charge on any atom is -0.246 e. The van der Waals surface area contributed by atoms with Crippen molar-refractivity contribution in [2.24, 2.45) is 0 Å². The summed E-state index contributed by atoms with van der Waals surface area (Å²) in [5.41, 5.74) is 0. The van der Waals surface area contributed by atoms with Gasteiger partial charge in [0.2, 0.25) is 0 Å². The number of rotatable bonds is 3. The van der Waals surface area contributed by atoms with Gasteiger partial charge in [-0.15, -0.1) is 11.6 Å². The maximum absolute atomic E-state index is 12.4. The molecule has 0 nitrogen and oxygen atoms in total. The number of alkyl halides is 2. The average molecular weight is 139 g/mol. The molecule has 0 radical (unpaired) electrons. The second-order valence-electron chi connectivity index (χ2n) is 1.85. The third kappa shape index (κ3) is 2.51. The molecular formula is C6H12ClF. The molecule has 0 spiro atoms. The van der Waals surface area contributed by atoms with E-state index in [0.717, 1.165) is 6.42 Å². The van der Waals surface area contributed by atoms with Crippen molar-refractivity contribution in [3.05, 3.63) is 0 Å². The Labute approximate surface area is 55.0 Å². The molecule has 0 unspecified atom stereocenters. The smallest absolute Gasteiger partial charge is 0.116 e. The Morgan fingerprint density at radius 3 is 2.00 bits per heavy atom. The molecule has 0 amide bonds. The van der Waals surface area contributed by atoms with Gasteiger partial charge in [-0.25, -0.2) is 4.39 Å². The third-order valence-electron chi connectivity index (χ3n) is 1.17. The van der Waals surface area contributed by atoms with Crippen LogP contribution in [0, 0.1) is 0 Å². The van der Waals surface area contributed by atoms with Crippen molar-refractivity contribution in [3.8, 4) is 0 Å². The highest BCUT2D eigenvalue weighted by atomic mass is 35.5. The zero-order valence-corrected chi connectivity index (χ0v) is 6.08. The first-order chi connectivity index (χ1) is 3.72. The molecule has 0 N–H and O–H groups in total. The van der Waals surface area contributed by atoms with E-state index in [9.17, 15) is 4.39 Å². The zero-order valence-electron chi connectivity index (χ0n) is 5.32. The van der Waals surface area contributed by atoms with E-state index in [0.29, 0.717) is 6.42 Å². The van der Waals surface area contributed by atoms with Gasteiger partial charge in [0.1, 0.15) is 6.17 Å². The van der Waals surface area contributed by atoms with E-state index in [2.05, 4.69) is 0 Å². The number of hydrogen-bond donors (Lipinski definition) is 0. The molecule has 0 aromatic carbocycles. The standard InChI is InChI=1S/C6H12ClF/c1-3-5(7)6(8)4-2/h5-6H,3-4H2,1-2H3/t5-,6+/m0/s1. The Hall–Kier alpha value is 0.220. The Morgan fingerprint density at radius 2 is 1.88 bits per heavy atom. The molecule has 2 atom stereocenters. The molecule has 0 rings (SSSR count). The van der Waals surface area contributed by atoms with E-state index in [1.54, 1.807) is 6.92 Å². The van der Waals surface area contributed by atoms with Gasteiger partial charge in [-0.2, -0.15) is 0 Å². The molecule has 0 aliphatic rings. The highest BCUT2D eigenvalue weighted by Gasteiger charge is 2.12. The molecule has 2 heteroatoms. The van der Waals surface area contributed by atoms with Crippen LogP contribution in [0.15, 0.2) is 0 Å². The largest absolute Gasteiger partial charge is 0.246 e. The molecule has 0 saturated heterocycles. The minimum atomic E-state index is -0.818. The van der Waals surface area contributed by atoms with Crippen LogP contribution < -0.4 is 0 Å². The van der Waals surface area contributed by atoms with Crippen molar-refractivity contribution in [1.82, 2.24) is 0 Å². The lowest BCUT2D eigenvalue weighted by molar-refractivity contribution is 0.308. The van der Waals surface area contributed by atoms with Crippen LogP contribution in [0.5, 0.6) is 0 Å². The van der Waals surface area contributed by atoms with Gasteiger partial charge in [0.25, 0.3) is 0 Å². The van der Waals surface area contributed by atoms with Gasteiger partial charge in [0.15, 0.2) is 0 Å². The summed E-state index contributed by atoms with van der Waals surface area (Å²) in [5.74, 6) is 0. The second kappa shape index (κ2) is 4.13. The minimum absolute atomic E-state index is 0.278. The van der Waals surface area contributed by atoms with Gasteiger partial charge in [-0.1, -0.05) is 13.8 Å². The summed E-state index contributed by atoms with van der Waals surface area (Å²) in [4.78, 5) is 0. The fourth-order valence-electron chi connectivity index (χ4n) is 0.512. The van der Waals surface area contributed by atoms with E-state index in [4.69, 9.17) is 11.6 Å². The van der Waals surface area contributed by atoms with E-state index >= 15 is 0 Å². The van der Waals surface area contributed by atoms with Gasteiger partial charge in [0.05, 0.1) is 5.38 Å². The van der Waals surface area contributed by atoms with Gasteiger partial charge in [0, 0.05) is 0 Å². The fourth-order valence-corrected chi connectivity index (χ4v) is 0.690. The molecule has 0 aliphatic heterocycles. The lowest BCUT2D eigenvalue weighted by Crippen LogP contribution is -2.12. The van der Waals surface area contributed by atoms with Crippen LogP contribution in [0.1, 0.15) is 26.7 Å². The van der Waals surface area contributed by atoms with Crippen molar-refractivity contribution >= 4 is 11.6 Å². The van der Waals surface area contributed by atoms with Crippen molar-refractivity contribution in [1.29, 1.82) is 0 Å². The first-order valence-electron chi connectivity index (χ1n) is 3.00. The van der Waals surface area contributed by atoms with Crippen LogP contribution in [0.2, 0.25) is 0 Å². The van der Waals surface area contributed by atoms with Crippen LogP contribution in [0.3, 0.4) is 0 Å². The molecule has 0 aliphatic carbocycles. The highest BCUT2D eigenvalue weighted by molar-refractivity contribution is 6.20. The van der Waals surface area contributed by atoms with Gasteiger partial charge in [-0.3, -0.25) is 0 Å². The second-order valence-corrected chi connectivity index (χ2v) is 2.41. The molecule has 0 aromatic rings. The van der Waals surface area contributed by atoms with Gasteiger partial charge < -0.3 is 0 Å². The first-order valence-corrected chi connectivity index (χ1v) is 3.44. The number of halogens is 2. The molecular weight excluding hydrogens is 127 g/mol. The van der Waals surface area contributed by atoms with Crippen molar-refractivity contribution < 1.29 is 4.39 Å². The van der Waals surface area contributed by atoms with Crippen molar-refractivity contribution in [3.63, 3.8) is 0 Å². The van der Waals surface area contributed by atoms with Gasteiger partial charge >= 0.3 is 0 Å². The maximum Gasteiger partial charge on any atom is 0.116 e. The van der Waals surface area contributed by atoms with Crippen LogP contribution in [-0.4, -0.2) is 11.5 Å². The van der Waals surface area contributed by atoms with Crippen LogP contribution in [-0.2, 0) is 0 Å². The monoisotopic (exact) mass is 138 g/mol. The van der Waals surface area contributed by atoms with Crippen molar-refractivity contribution in [2.75, 3.05) is 0 Å². The Kier molecular flexibility index (Phi) is 4.25. The van der Waals surface area contributed by atoms with Crippen LogP contribution >= 0.6 is 11.6 Å². The summed E-state index contributed by atoms with van der Waals surface area (Å²) in [6.07, 6.45) is 0.431. The summed E-state index contributed by atoms with van der Waals surface area (Å²) in [7, 11) is 0. The quantitative estimate of drug-likeness (QED) is 0.526. The Morgan fingerprint density at radius 1 is 1.38 bits per heavy atom. The molecule has 0 fully saturated rings. The fraction of sp³-hybridized carbons (Fsp3) is 1.00. The Bertz CT molecular complexity index is 48.5. The summed E-state index contributed by atoms with van der Waals surface area (Å²) < 4.78 is 12.4. The van der Waals surface area contributed by atoms with Crippen LogP contribution in [0.25, 0.3) is 0 Å². The molecule has 0 bridgehead atoms. The first kappa shape index (κ1) is 8.22. The predicted octanol–water partition coefficient (Wildman–Crippen LogP) is 2.75. The summed E-state index contributed by atoms with van der Waals surface area (Å²) in [6, 6.07) is 0. The highest BCUT2D eigenvalue weighted by Crippen LogP contribution is 2.12. The van der Waals surface area contributed by atoms with E-state index < -0.39 is 6.17 Å². The van der Waals surface area contributed by atoms with Crippen molar-refractivity contribution in [2.45, 2.75) is 38.2 Å².